The Kier molecular flexibility index (Phi) is 6.78. The summed E-state index contributed by atoms with van der Waals surface area (Å²) in [5, 5.41) is 3.65. The van der Waals surface area contributed by atoms with Crippen molar-refractivity contribution in [3.63, 3.8) is 0 Å². The predicted molar refractivity (Wildman–Crippen MR) is 151 cm³/mol. The molecule has 1 heterocycles. The maximum Gasteiger partial charge on any atom is 0.261 e. The van der Waals surface area contributed by atoms with Crippen molar-refractivity contribution in [2.75, 3.05) is 10.0 Å². The largest absolute Gasteiger partial charge is 0.322 e. The van der Waals surface area contributed by atoms with Crippen molar-refractivity contribution >= 4 is 54.1 Å². The first-order valence-corrected chi connectivity index (χ1v) is 13.7. The lowest BCUT2D eigenvalue weighted by atomic mass is 10.0. The van der Waals surface area contributed by atoms with Gasteiger partial charge in [0.2, 0.25) is 0 Å². The molecule has 37 heavy (non-hydrogen) atoms. The number of benzene rings is 4. The van der Waals surface area contributed by atoms with Gasteiger partial charge in [-0.3, -0.25) is 9.52 Å². The molecule has 1 aromatic heterocycles. The Morgan fingerprint density at radius 1 is 0.811 bits per heavy atom. The summed E-state index contributed by atoms with van der Waals surface area (Å²) >= 11 is 3.49. The smallest absolute Gasteiger partial charge is 0.261 e. The van der Waals surface area contributed by atoms with Crippen LogP contribution in [0.5, 0.6) is 0 Å². The number of amides is 1. The summed E-state index contributed by atoms with van der Waals surface area (Å²) < 4.78 is 28.8. The molecule has 0 spiro atoms. The van der Waals surface area contributed by atoms with Crippen molar-refractivity contribution in [3.05, 3.63) is 119 Å². The number of nitrogens with one attached hydrogen (secondary N) is 2. The van der Waals surface area contributed by atoms with Gasteiger partial charge in [0.25, 0.3) is 15.9 Å². The maximum absolute atomic E-state index is 13.3. The number of para-hydroxylation sites is 1. The minimum Gasteiger partial charge on any atom is -0.322 e. The molecule has 5 rings (SSSR count). The van der Waals surface area contributed by atoms with Gasteiger partial charge in [-0.25, -0.2) is 13.4 Å². The number of hydrogen-bond acceptors (Lipinski definition) is 4. The minimum atomic E-state index is -3.72. The summed E-state index contributed by atoms with van der Waals surface area (Å²) in [6.45, 7) is 1.90. The maximum atomic E-state index is 13.3. The van der Waals surface area contributed by atoms with E-state index < -0.39 is 10.0 Å². The molecule has 0 saturated carbocycles. The van der Waals surface area contributed by atoms with Crippen molar-refractivity contribution in [1.82, 2.24) is 4.98 Å². The van der Waals surface area contributed by atoms with Crippen molar-refractivity contribution in [2.45, 2.75) is 11.8 Å². The van der Waals surface area contributed by atoms with E-state index in [1.165, 1.54) is 0 Å². The van der Waals surface area contributed by atoms with Gasteiger partial charge in [0, 0.05) is 26.8 Å². The number of hydrogen-bond donors (Lipinski definition) is 2. The van der Waals surface area contributed by atoms with Gasteiger partial charge in [0.05, 0.1) is 21.7 Å². The first-order valence-electron chi connectivity index (χ1n) is 11.5. The second-order valence-electron chi connectivity index (χ2n) is 8.53. The topological polar surface area (TPSA) is 88.2 Å². The minimum absolute atomic E-state index is 0.182. The molecule has 8 heteroatoms. The molecule has 4 aromatic carbocycles. The number of carbonyl (C=O) groups is 1. The van der Waals surface area contributed by atoms with E-state index in [4.69, 9.17) is 4.98 Å². The number of anilines is 2. The highest BCUT2D eigenvalue weighted by atomic mass is 79.9. The molecule has 0 aliphatic carbocycles. The highest BCUT2D eigenvalue weighted by Crippen LogP contribution is 2.28. The third kappa shape index (κ3) is 5.55. The molecule has 0 fully saturated rings. The summed E-state index contributed by atoms with van der Waals surface area (Å²) in [7, 11) is -3.72. The summed E-state index contributed by atoms with van der Waals surface area (Å²) in [6.07, 6.45) is 0. The first kappa shape index (κ1) is 24.7. The van der Waals surface area contributed by atoms with Crippen LogP contribution in [0.4, 0.5) is 11.4 Å². The quantitative estimate of drug-likeness (QED) is 0.229. The molecule has 0 aliphatic heterocycles. The zero-order valence-corrected chi connectivity index (χ0v) is 22.2. The van der Waals surface area contributed by atoms with Gasteiger partial charge in [-0.2, -0.15) is 0 Å². The standard InChI is InChI=1S/C29H22BrN3O3S/c1-19-9-15-24(16-10-19)37(35,36)33-23-13-11-22(12-14-23)31-29(34)26-18-28(20-5-4-6-21(30)17-20)32-27-8-3-2-7-25(26)27/h2-18,33H,1H3,(H,31,34). The lowest BCUT2D eigenvalue weighted by molar-refractivity contribution is 0.102. The van der Waals surface area contributed by atoms with Gasteiger partial charge in [0.15, 0.2) is 0 Å². The molecule has 0 saturated heterocycles. The SMILES string of the molecule is Cc1ccc(S(=O)(=O)Nc2ccc(NC(=O)c3cc(-c4cccc(Br)c4)nc4ccccc34)cc2)cc1. The number of rotatable bonds is 6. The van der Waals surface area contributed by atoms with Crippen molar-refractivity contribution in [2.24, 2.45) is 0 Å². The molecule has 0 radical (unpaired) electrons. The van der Waals surface area contributed by atoms with Crippen molar-refractivity contribution < 1.29 is 13.2 Å². The fraction of sp³-hybridized carbons (Fsp3) is 0.0345. The molecule has 184 valence electrons. The molecular formula is C29H22BrN3O3S. The summed E-state index contributed by atoms with van der Waals surface area (Å²) in [6, 6.07) is 30.2. The van der Waals surface area contributed by atoms with Crippen molar-refractivity contribution in [3.8, 4) is 11.3 Å². The van der Waals surface area contributed by atoms with E-state index >= 15 is 0 Å². The Morgan fingerprint density at radius 3 is 2.24 bits per heavy atom. The second-order valence-corrected chi connectivity index (χ2v) is 11.1. The first-order chi connectivity index (χ1) is 17.8. The number of sulfonamides is 1. The van der Waals surface area contributed by atoms with Crippen LogP contribution in [0, 0.1) is 6.92 Å². The summed E-state index contributed by atoms with van der Waals surface area (Å²) in [4.78, 5) is 18.3. The van der Waals surface area contributed by atoms with E-state index in [9.17, 15) is 13.2 Å². The molecule has 6 nitrogen and oxygen atoms in total. The van der Waals surface area contributed by atoms with Gasteiger partial charge in [-0.05, 0) is 67.6 Å². The highest BCUT2D eigenvalue weighted by molar-refractivity contribution is 9.10. The van der Waals surface area contributed by atoms with Gasteiger partial charge < -0.3 is 5.32 Å². The number of aromatic nitrogens is 1. The van der Waals surface area contributed by atoms with Crippen LogP contribution in [0.2, 0.25) is 0 Å². The van der Waals surface area contributed by atoms with Gasteiger partial charge in [0.1, 0.15) is 0 Å². The van der Waals surface area contributed by atoms with Gasteiger partial charge in [-0.15, -0.1) is 0 Å². The molecule has 5 aromatic rings. The van der Waals surface area contributed by atoms with E-state index in [0.717, 1.165) is 21.0 Å². The number of aryl methyl sites for hydroxylation is 1. The van der Waals surface area contributed by atoms with Gasteiger partial charge >= 0.3 is 0 Å². The van der Waals surface area contributed by atoms with E-state index in [2.05, 4.69) is 26.0 Å². The molecule has 2 N–H and O–H groups in total. The fourth-order valence-electron chi connectivity index (χ4n) is 3.91. The predicted octanol–water partition coefficient (Wildman–Crippen LogP) is 7.03. The Morgan fingerprint density at radius 2 is 1.51 bits per heavy atom. The van der Waals surface area contributed by atoms with Crippen LogP contribution >= 0.6 is 15.9 Å². The van der Waals surface area contributed by atoms with Crippen LogP contribution in [0.25, 0.3) is 22.2 Å². The molecule has 0 unspecified atom stereocenters. The zero-order chi connectivity index (χ0) is 26.0. The Bertz CT molecular complexity index is 1720. The molecule has 0 aliphatic rings. The number of nitrogens with zero attached hydrogens (tertiary/aromatic N) is 1. The third-order valence-electron chi connectivity index (χ3n) is 5.81. The number of carbonyl (C=O) groups excluding carboxylic acids is 1. The third-order valence-corrected chi connectivity index (χ3v) is 7.70. The lowest BCUT2D eigenvalue weighted by Gasteiger charge is -2.12. The fourth-order valence-corrected chi connectivity index (χ4v) is 5.37. The average molecular weight is 572 g/mol. The molecule has 1 amide bonds. The Labute approximate surface area is 223 Å². The average Bonchev–Trinajstić information content (AvgIpc) is 2.89. The molecule has 0 atom stereocenters. The molecule has 0 bridgehead atoms. The van der Waals surface area contributed by atoms with E-state index in [0.29, 0.717) is 28.1 Å². The van der Waals surface area contributed by atoms with Crippen LogP contribution in [0.3, 0.4) is 0 Å². The lowest BCUT2D eigenvalue weighted by Crippen LogP contribution is -2.14. The Balaban J connectivity index is 1.39. The van der Waals surface area contributed by atoms with E-state index in [-0.39, 0.29) is 10.8 Å². The van der Waals surface area contributed by atoms with E-state index in [1.54, 1.807) is 54.6 Å². The summed E-state index contributed by atoms with van der Waals surface area (Å²) in [5.41, 5.74) is 4.68. The number of fused-ring (bicyclic) bond motifs is 1. The van der Waals surface area contributed by atoms with Crippen LogP contribution in [-0.4, -0.2) is 19.3 Å². The normalized spacial score (nSPS) is 11.3. The van der Waals surface area contributed by atoms with Crippen LogP contribution < -0.4 is 10.0 Å². The van der Waals surface area contributed by atoms with Crippen LogP contribution in [0.1, 0.15) is 15.9 Å². The zero-order valence-electron chi connectivity index (χ0n) is 19.8. The van der Waals surface area contributed by atoms with Crippen LogP contribution in [-0.2, 0) is 10.0 Å². The second kappa shape index (κ2) is 10.2. The summed E-state index contributed by atoms with van der Waals surface area (Å²) in [5.74, 6) is -0.289. The Hall–Kier alpha value is -4.01. The van der Waals surface area contributed by atoms with Gasteiger partial charge in [-0.1, -0.05) is 64.0 Å². The number of halogens is 1. The van der Waals surface area contributed by atoms with E-state index in [1.807, 2.05) is 55.5 Å². The van der Waals surface area contributed by atoms with Crippen molar-refractivity contribution in [1.29, 1.82) is 0 Å². The van der Waals surface area contributed by atoms with Crippen LogP contribution in [0.15, 0.2) is 112 Å². The molecular weight excluding hydrogens is 550 g/mol. The monoisotopic (exact) mass is 571 g/mol. The highest BCUT2D eigenvalue weighted by Gasteiger charge is 2.16. The number of pyridine rings is 1.